The molecule has 2 aromatic carbocycles. The van der Waals surface area contributed by atoms with Gasteiger partial charge in [-0.1, -0.05) is 43.7 Å². The highest BCUT2D eigenvalue weighted by Gasteiger charge is 2.19. The molecule has 0 radical (unpaired) electrons. The summed E-state index contributed by atoms with van der Waals surface area (Å²) in [5.41, 5.74) is 4.11. The van der Waals surface area contributed by atoms with E-state index in [4.69, 9.17) is 9.47 Å². The van der Waals surface area contributed by atoms with E-state index in [1.807, 2.05) is 42.5 Å². The lowest BCUT2D eigenvalue weighted by atomic mass is 10.3. The second-order valence-corrected chi connectivity index (χ2v) is 5.55. The van der Waals surface area contributed by atoms with Gasteiger partial charge in [-0.2, -0.15) is 5.10 Å². The topological polar surface area (TPSA) is 46.1 Å². The number of amidine groups is 1. The number of hydrogen-bond donors (Lipinski definition) is 1. The molecule has 0 saturated heterocycles. The van der Waals surface area contributed by atoms with Crippen LogP contribution in [0.4, 0.5) is 5.69 Å². The summed E-state index contributed by atoms with van der Waals surface area (Å²) in [7, 11) is 0. The first-order chi connectivity index (χ1) is 11.9. The molecular formula is C19H23N3O2. The third-order valence-corrected chi connectivity index (χ3v) is 3.78. The molecule has 0 amide bonds. The van der Waals surface area contributed by atoms with E-state index in [-0.39, 0.29) is 0 Å². The minimum Gasteiger partial charge on any atom is -0.490 e. The summed E-state index contributed by atoms with van der Waals surface area (Å²) in [6.07, 6.45) is 2.14. The lowest BCUT2D eigenvalue weighted by molar-refractivity contribution is 0.281. The fourth-order valence-corrected chi connectivity index (χ4v) is 2.46. The first-order valence-electron chi connectivity index (χ1n) is 8.35. The van der Waals surface area contributed by atoms with Gasteiger partial charge in [0, 0.05) is 5.69 Å². The van der Waals surface area contributed by atoms with Crippen LogP contribution in [0.5, 0.6) is 11.5 Å². The van der Waals surface area contributed by atoms with E-state index in [1.165, 1.54) is 0 Å². The fourth-order valence-electron chi connectivity index (χ4n) is 2.46. The van der Waals surface area contributed by atoms with Crippen molar-refractivity contribution in [1.82, 2.24) is 5.43 Å². The minimum absolute atomic E-state index is 0.385. The normalized spacial score (nSPS) is 13.4. The van der Waals surface area contributed by atoms with Gasteiger partial charge in [0.05, 0.1) is 6.61 Å². The Kier molecular flexibility index (Phi) is 5.56. The number of nitrogens with one attached hydrogen (secondary N) is 1. The number of rotatable bonds is 8. The minimum atomic E-state index is 0.385. The molecule has 1 N–H and O–H groups in total. The molecule has 5 nitrogen and oxygen atoms in total. The number of anilines is 1. The van der Waals surface area contributed by atoms with E-state index in [0.717, 1.165) is 35.9 Å². The van der Waals surface area contributed by atoms with Crippen molar-refractivity contribution < 1.29 is 9.47 Å². The molecular weight excluding hydrogens is 302 g/mol. The number of ether oxygens (including phenoxy) is 2. The maximum atomic E-state index is 5.97. The molecule has 126 valence electrons. The number of para-hydroxylation sites is 3. The Balaban J connectivity index is 1.63. The lowest BCUT2D eigenvalue weighted by Gasteiger charge is -2.20. The summed E-state index contributed by atoms with van der Waals surface area (Å²) in [6.45, 7) is 3.89. The van der Waals surface area contributed by atoms with Crippen molar-refractivity contribution in [2.24, 2.45) is 5.10 Å². The number of hydrogen-bond acceptors (Lipinski definition) is 5. The van der Waals surface area contributed by atoms with Crippen molar-refractivity contribution in [1.29, 1.82) is 0 Å². The summed E-state index contributed by atoms with van der Waals surface area (Å²) in [6, 6.07) is 17.9. The van der Waals surface area contributed by atoms with E-state index >= 15 is 0 Å². The van der Waals surface area contributed by atoms with Gasteiger partial charge in [-0.3, -0.25) is 5.43 Å². The van der Waals surface area contributed by atoms with Crippen LogP contribution >= 0.6 is 0 Å². The summed E-state index contributed by atoms with van der Waals surface area (Å²) in [4.78, 5) is 2.10. The molecule has 0 bridgehead atoms. The van der Waals surface area contributed by atoms with Gasteiger partial charge in [0.2, 0.25) is 0 Å². The SMILES string of the molecule is CCCCOc1ccccc1OCC1=NNCN1c1ccccc1. The predicted octanol–water partition coefficient (Wildman–Crippen LogP) is 3.63. The van der Waals surface area contributed by atoms with Gasteiger partial charge >= 0.3 is 0 Å². The zero-order valence-electron chi connectivity index (χ0n) is 13.9. The Bertz CT molecular complexity index is 673. The zero-order chi connectivity index (χ0) is 16.6. The second kappa shape index (κ2) is 8.24. The highest BCUT2D eigenvalue weighted by molar-refractivity contribution is 5.99. The van der Waals surface area contributed by atoms with Crippen molar-refractivity contribution in [2.45, 2.75) is 19.8 Å². The summed E-state index contributed by atoms with van der Waals surface area (Å²) >= 11 is 0. The zero-order valence-corrected chi connectivity index (χ0v) is 13.9. The third kappa shape index (κ3) is 3.98. The lowest BCUT2D eigenvalue weighted by Crippen LogP contribution is -2.32. The molecule has 1 aliphatic heterocycles. The Morgan fingerprint density at radius 3 is 2.46 bits per heavy atom. The van der Waals surface area contributed by atoms with Crippen LogP contribution in [0.2, 0.25) is 0 Å². The van der Waals surface area contributed by atoms with Crippen LogP contribution in [0.25, 0.3) is 0 Å². The molecule has 0 aliphatic carbocycles. The summed E-state index contributed by atoms with van der Waals surface area (Å²) in [5, 5.41) is 4.34. The molecule has 1 heterocycles. The molecule has 0 saturated carbocycles. The Morgan fingerprint density at radius 1 is 1.00 bits per heavy atom. The van der Waals surface area contributed by atoms with Gasteiger partial charge in [0.15, 0.2) is 17.3 Å². The highest BCUT2D eigenvalue weighted by atomic mass is 16.5. The molecule has 0 fully saturated rings. The van der Waals surface area contributed by atoms with Crippen molar-refractivity contribution in [2.75, 3.05) is 24.8 Å². The van der Waals surface area contributed by atoms with Gasteiger partial charge in [0.25, 0.3) is 0 Å². The van der Waals surface area contributed by atoms with E-state index < -0.39 is 0 Å². The van der Waals surface area contributed by atoms with E-state index in [9.17, 15) is 0 Å². The third-order valence-electron chi connectivity index (χ3n) is 3.78. The Hall–Kier alpha value is -2.69. The first-order valence-corrected chi connectivity index (χ1v) is 8.35. The molecule has 0 atom stereocenters. The van der Waals surface area contributed by atoms with Crippen molar-refractivity contribution in [3.63, 3.8) is 0 Å². The molecule has 5 heteroatoms. The van der Waals surface area contributed by atoms with Crippen LogP contribution in [0.3, 0.4) is 0 Å². The van der Waals surface area contributed by atoms with Gasteiger partial charge in [-0.05, 0) is 30.7 Å². The second-order valence-electron chi connectivity index (χ2n) is 5.55. The van der Waals surface area contributed by atoms with E-state index in [2.05, 4.69) is 34.5 Å². The smallest absolute Gasteiger partial charge is 0.168 e. The van der Waals surface area contributed by atoms with Gasteiger partial charge in [-0.25, -0.2) is 0 Å². The summed E-state index contributed by atoms with van der Waals surface area (Å²) in [5.74, 6) is 2.38. The van der Waals surface area contributed by atoms with Gasteiger partial charge in [-0.15, -0.1) is 0 Å². The van der Waals surface area contributed by atoms with Crippen molar-refractivity contribution in [3.05, 3.63) is 54.6 Å². The highest BCUT2D eigenvalue weighted by Crippen LogP contribution is 2.27. The van der Waals surface area contributed by atoms with Crippen LogP contribution in [0.1, 0.15) is 19.8 Å². The van der Waals surface area contributed by atoms with Crippen LogP contribution in [0.15, 0.2) is 59.7 Å². The largest absolute Gasteiger partial charge is 0.490 e. The van der Waals surface area contributed by atoms with E-state index in [1.54, 1.807) is 0 Å². The predicted molar refractivity (Wildman–Crippen MR) is 96.7 cm³/mol. The number of benzene rings is 2. The van der Waals surface area contributed by atoms with Crippen LogP contribution in [-0.2, 0) is 0 Å². The average Bonchev–Trinajstić information content (AvgIpc) is 3.10. The van der Waals surface area contributed by atoms with Gasteiger partial charge in [0.1, 0.15) is 13.3 Å². The Labute approximate surface area is 142 Å². The molecule has 24 heavy (non-hydrogen) atoms. The number of unbranched alkanes of at least 4 members (excludes halogenated alkanes) is 1. The summed E-state index contributed by atoms with van der Waals surface area (Å²) < 4.78 is 11.8. The van der Waals surface area contributed by atoms with Crippen LogP contribution in [-0.4, -0.2) is 25.7 Å². The van der Waals surface area contributed by atoms with E-state index in [0.29, 0.717) is 19.9 Å². The van der Waals surface area contributed by atoms with Crippen molar-refractivity contribution >= 4 is 11.5 Å². The molecule has 1 aliphatic rings. The molecule has 2 aromatic rings. The standard InChI is InChI=1S/C19H23N3O2/c1-2-3-13-23-17-11-7-8-12-18(17)24-14-19-21-20-15-22(19)16-9-5-4-6-10-16/h4-12,20H,2-3,13-15H2,1H3. The molecule has 0 spiro atoms. The van der Waals surface area contributed by atoms with Crippen LogP contribution < -0.4 is 19.8 Å². The molecule has 0 aromatic heterocycles. The number of nitrogens with zero attached hydrogens (tertiary/aromatic N) is 2. The maximum absolute atomic E-state index is 5.97. The maximum Gasteiger partial charge on any atom is 0.168 e. The number of hydrazone groups is 1. The van der Waals surface area contributed by atoms with Crippen LogP contribution in [0, 0.1) is 0 Å². The monoisotopic (exact) mass is 325 g/mol. The fraction of sp³-hybridized carbons (Fsp3) is 0.316. The molecule has 3 rings (SSSR count). The average molecular weight is 325 g/mol. The molecule has 0 unspecified atom stereocenters. The van der Waals surface area contributed by atoms with Crippen molar-refractivity contribution in [3.8, 4) is 11.5 Å². The quantitative estimate of drug-likeness (QED) is 0.753. The first kappa shape index (κ1) is 16.2. The van der Waals surface area contributed by atoms with Gasteiger partial charge < -0.3 is 14.4 Å². The Morgan fingerprint density at radius 2 is 1.71 bits per heavy atom.